The molecule has 2 aromatic rings. The average Bonchev–Trinajstić information content (AvgIpc) is 3.09. The van der Waals surface area contributed by atoms with Crippen molar-refractivity contribution in [3.8, 4) is 0 Å². The molecule has 1 saturated heterocycles. The lowest BCUT2D eigenvalue weighted by molar-refractivity contribution is 0.0506. The van der Waals surface area contributed by atoms with Crippen LogP contribution >= 0.6 is 0 Å². The van der Waals surface area contributed by atoms with E-state index in [-0.39, 0.29) is 17.8 Å². The number of aryl methyl sites for hydroxylation is 2. The van der Waals surface area contributed by atoms with E-state index in [9.17, 15) is 9.18 Å². The number of carbonyl (C=O) groups excluding carboxylic acids is 1. The Morgan fingerprint density at radius 1 is 1.24 bits per heavy atom. The Bertz CT molecular complexity index is 753. The first kappa shape index (κ1) is 17.6. The molecule has 0 spiro atoms. The van der Waals surface area contributed by atoms with E-state index in [1.165, 1.54) is 12.1 Å². The van der Waals surface area contributed by atoms with Gasteiger partial charge in [-0.1, -0.05) is 29.8 Å². The van der Waals surface area contributed by atoms with Crippen LogP contribution in [0.5, 0.6) is 0 Å². The molecule has 1 heterocycles. The van der Waals surface area contributed by atoms with Gasteiger partial charge in [0.2, 0.25) is 0 Å². The predicted molar refractivity (Wildman–Crippen MR) is 96.0 cm³/mol. The van der Waals surface area contributed by atoms with Crippen LogP contribution in [-0.4, -0.2) is 30.1 Å². The summed E-state index contributed by atoms with van der Waals surface area (Å²) >= 11 is 0. The molecule has 0 aliphatic carbocycles. The molecule has 0 saturated carbocycles. The van der Waals surface area contributed by atoms with E-state index in [2.05, 4.69) is 0 Å². The third-order valence-electron chi connectivity index (χ3n) is 4.62. The van der Waals surface area contributed by atoms with Crippen LogP contribution in [0.2, 0.25) is 0 Å². The van der Waals surface area contributed by atoms with Crippen molar-refractivity contribution in [1.82, 2.24) is 4.90 Å². The number of carbonyl (C=O) groups is 1. The number of hydrogen-bond donors (Lipinski definition) is 0. The Morgan fingerprint density at radius 2 is 2.08 bits per heavy atom. The van der Waals surface area contributed by atoms with Crippen LogP contribution in [0.15, 0.2) is 42.5 Å². The Morgan fingerprint density at radius 3 is 2.80 bits per heavy atom. The largest absolute Gasteiger partial charge is 0.376 e. The molecule has 1 unspecified atom stereocenters. The average molecular weight is 341 g/mol. The minimum atomic E-state index is -0.284. The monoisotopic (exact) mass is 341 g/mol. The molecule has 2 aromatic carbocycles. The normalized spacial score (nSPS) is 16.8. The molecule has 0 bridgehead atoms. The van der Waals surface area contributed by atoms with E-state index in [4.69, 9.17) is 4.74 Å². The van der Waals surface area contributed by atoms with Gasteiger partial charge in [-0.3, -0.25) is 4.79 Å². The zero-order chi connectivity index (χ0) is 17.8. The summed E-state index contributed by atoms with van der Waals surface area (Å²) in [5.41, 5.74) is 3.50. The Kier molecular flexibility index (Phi) is 5.49. The fourth-order valence-electron chi connectivity index (χ4n) is 3.25. The van der Waals surface area contributed by atoms with Gasteiger partial charge in [0.25, 0.3) is 5.91 Å². The summed E-state index contributed by atoms with van der Waals surface area (Å²) in [6, 6.07) is 12.3. The topological polar surface area (TPSA) is 29.5 Å². The zero-order valence-electron chi connectivity index (χ0n) is 14.8. The molecular weight excluding hydrogens is 317 g/mol. The molecule has 1 aliphatic rings. The highest BCUT2D eigenvalue weighted by Crippen LogP contribution is 2.20. The Hall–Kier alpha value is -2.20. The van der Waals surface area contributed by atoms with Crippen molar-refractivity contribution in [1.29, 1.82) is 0 Å². The van der Waals surface area contributed by atoms with Crippen LogP contribution in [-0.2, 0) is 11.3 Å². The number of halogens is 1. The van der Waals surface area contributed by atoms with E-state index in [1.807, 2.05) is 38.1 Å². The van der Waals surface area contributed by atoms with Gasteiger partial charge in [0.1, 0.15) is 5.82 Å². The maximum atomic E-state index is 13.5. The Balaban J connectivity index is 1.86. The van der Waals surface area contributed by atoms with Crippen LogP contribution in [0.1, 0.15) is 39.9 Å². The van der Waals surface area contributed by atoms with Gasteiger partial charge in [-0.25, -0.2) is 4.39 Å². The molecule has 132 valence electrons. The van der Waals surface area contributed by atoms with E-state index in [1.54, 1.807) is 11.0 Å². The van der Waals surface area contributed by atoms with Gasteiger partial charge in [-0.15, -0.1) is 0 Å². The smallest absolute Gasteiger partial charge is 0.254 e. The van der Waals surface area contributed by atoms with Crippen molar-refractivity contribution >= 4 is 5.91 Å². The van der Waals surface area contributed by atoms with Crippen molar-refractivity contribution in [3.05, 3.63) is 70.5 Å². The van der Waals surface area contributed by atoms with E-state index in [0.29, 0.717) is 18.7 Å². The van der Waals surface area contributed by atoms with Gasteiger partial charge < -0.3 is 9.64 Å². The molecule has 1 atom stereocenters. The van der Waals surface area contributed by atoms with Gasteiger partial charge in [-0.2, -0.15) is 0 Å². The van der Waals surface area contributed by atoms with Crippen molar-refractivity contribution in [3.63, 3.8) is 0 Å². The summed E-state index contributed by atoms with van der Waals surface area (Å²) in [4.78, 5) is 15.0. The van der Waals surface area contributed by atoms with Gasteiger partial charge in [-0.05, 0) is 56.0 Å². The Labute approximate surface area is 148 Å². The van der Waals surface area contributed by atoms with E-state index in [0.717, 1.165) is 36.1 Å². The first-order valence-corrected chi connectivity index (χ1v) is 8.75. The lowest BCUT2D eigenvalue weighted by Gasteiger charge is -2.26. The third-order valence-corrected chi connectivity index (χ3v) is 4.62. The molecule has 25 heavy (non-hydrogen) atoms. The van der Waals surface area contributed by atoms with Crippen molar-refractivity contribution in [2.24, 2.45) is 0 Å². The highest BCUT2D eigenvalue weighted by atomic mass is 19.1. The minimum Gasteiger partial charge on any atom is -0.376 e. The second-order valence-corrected chi connectivity index (χ2v) is 6.77. The van der Waals surface area contributed by atoms with Crippen LogP contribution in [0.25, 0.3) is 0 Å². The number of hydrogen-bond acceptors (Lipinski definition) is 2. The summed E-state index contributed by atoms with van der Waals surface area (Å²) in [6.07, 6.45) is 2.04. The first-order chi connectivity index (χ1) is 12.0. The summed E-state index contributed by atoms with van der Waals surface area (Å²) in [7, 11) is 0. The number of nitrogens with zero attached hydrogens (tertiary/aromatic N) is 1. The van der Waals surface area contributed by atoms with E-state index < -0.39 is 0 Å². The lowest BCUT2D eigenvalue weighted by Crippen LogP contribution is -2.37. The molecule has 0 radical (unpaired) electrons. The SMILES string of the molecule is Cc1ccc(C)c(C(=O)N(Cc2cccc(F)c2)CC2CCCO2)c1. The van der Waals surface area contributed by atoms with Gasteiger partial charge in [0.05, 0.1) is 6.10 Å². The van der Waals surface area contributed by atoms with Crippen molar-refractivity contribution in [2.75, 3.05) is 13.2 Å². The molecule has 0 N–H and O–H groups in total. The molecule has 0 aromatic heterocycles. The minimum absolute atomic E-state index is 0.0269. The molecule has 1 fully saturated rings. The maximum absolute atomic E-state index is 13.5. The molecule has 3 rings (SSSR count). The van der Waals surface area contributed by atoms with Gasteiger partial charge >= 0.3 is 0 Å². The molecule has 1 aliphatic heterocycles. The van der Waals surface area contributed by atoms with Crippen LogP contribution in [0.3, 0.4) is 0 Å². The number of rotatable bonds is 5. The number of ether oxygens (including phenoxy) is 1. The summed E-state index contributed by atoms with van der Waals surface area (Å²) in [5.74, 6) is -0.310. The molecular formula is C21H24FNO2. The van der Waals surface area contributed by atoms with Gasteiger partial charge in [0.15, 0.2) is 0 Å². The quantitative estimate of drug-likeness (QED) is 0.813. The van der Waals surface area contributed by atoms with Crippen molar-refractivity contribution in [2.45, 2.75) is 39.3 Å². The fourth-order valence-corrected chi connectivity index (χ4v) is 3.25. The second-order valence-electron chi connectivity index (χ2n) is 6.77. The van der Waals surface area contributed by atoms with Crippen LogP contribution in [0.4, 0.5) is 4.39 Å². The highest BCUT2D eigenvalue weighted by molar-refractivity contribution is 5.95. The summed E-state index contributed by atoms with van der Waals surface area (Å²) in [6.45, 7) is 5.58. The lowest BCUT2D eigenvalue weighted by atomic mass is 10.0. The predicted octanol–water partition coefficient (Wildman–Crippen LogP) is 4.26. The highest BCUT2D eigenvalue weighted by Gasteiger charge is 2.24. The van der Waals surface area contributed by atoms with Crippen LogP contribution in [0, 0.1) is 19.7 Å². The standard InChI is InChI=1S/C21H24FNO2/c1-15-8-9-16(2)20(11-15)21(24)23(14-19-7-4-10-25-19)13-17-5-3-6-18(22)12-17/h3,5-6,8-9,11-12,19H,4,7,10,13-14H2,1-2H3. The molecule has 4 heteroatoms. The molecule has 1 amide bonds. The number of amides is 1. The number of benzene rings is 2. The molecule has 3 nitrogen and oxygen atoms in total. The van der Waals surface area contributed by atoms with Crippen molar-refractivity contribution < 1.29 is 13.9 Å². The van der Waals surface area contributed by atoms with E-state index >= 15 is 0 Å². The fraction of sp³-hybridized carbons (Fsp3) is 0.381. The van der Waals surface area contributed by atoms with Crippen LogP contribution < -0.4 is 0 Å². The zero-order valence-corrected chi connectivity index (χ0v) is 14.8. The first-order valence-electron chi connectivity index (χ1n) is 8.75. The second kappa shape index (κ2) is 7.79. The third kappa shape index (κ3) is 4.45. The summed E-state index contributed by atoms with van der Waals surface area (Å²) < 4.78 is 19.3. The summed E-state index contributed by atoms with van der Waals surface area (Å²) in [5, 5.41) is 0. The maximum Gasteiger partial charge on any atom is 0.254 e. The van der Waals surface area contributed by atoms with Gasteiger partial charge in [0, 0.05) is 25.3 Å².